The van der Waals surface area contributed by atoms with Gasteiger partial charge in [0, 0.05) is 33.5 Å². The average Bonchev–Trinajstić information content (AvgIpc) is 3.18. The Morgan fingerprint density at radius 2 is 0.962 bits per heavy atom. The van der Waals surface area contributed by atoms with Gasteiger partial charge in [-0.15, -0.1) is 0 Å². The highest BCUT2D eigenvalue weighted by Crippen LogP contribution is 2.47. The summed E-state index contributed by atoms with van der Waals surface area (Å²) in [6, 6.07) is 52.0. The predicted octanol–water partition coefficient (Wildman–Crippen LogP) is 13.0. The van der Waals surface area contributed by atoms with Gasteiger partial charge in [-0.1, -0.05) is 97.6 Å². The molecule has 52 heavy (non-hydrogen) atoms. The summed E-state index contributed by atoms with van der Waals surface area (Å²) in [4.78, 5) is 11.8. The summed E-state index contributed by atoms with van der Waals surface area (Å²) < 4.78 is 0. The number of rotatable bonds is 7. The van der Waals surface area contributed by atoms with Crippen molar-refractivity contribution in [2.75, 3.05) is 9.80 Å². The van der Waals surface area contributed by atoms with Crippen LogP contribution in [0.2, 0.25) is 19.6 Å². The van der Waals surface area contributed by atoms with Crippen molar-refractivity contribution in [1.82, 2.24) is 0 Å². The first-order valence-electron chi connectivity index (χ1n) is 17.1. The zero-order valence-electron chi connectivity index (χ0n) is 29.1. The van der Waals surface area contributed by atoms with Crippen LogP contribution in [0.25, 0.3) is 42.0 Å². The lowest BCUT2D eigenvalue weighted by atomic mass is 9.91. The van der Waals surface area contributed by atoms with Gasteiger partial charge in [0.05, 0.1) is 44.2 Å². The van der Waals surface area contributed by atoms with E-state index in [1.54, 1.807) is 0 Å². The first kappa shape index (κ1) is 32.3. The van der Waals surface area contributed by atoms with Crippen LogP contribution in [-0.2, 0) is 0 Å². The molecule has 0 aliphatic carbocycles. The first-order chi connectivity index (χ1) is 25.3. The third-order valence-electron chi connectivity index (χ3n) is 9.80. The van der Waals surface area contributed by atoms with Crippen molar-refractivity contribution in [3.05, 3.63) is 174 Å². The van der Waals surface area contributed by atoms with E-state index in [0.717, 1.165) is 55.7 Å². The molecule has 0 aliphatic rings. The predicted molar refractivity (Wildman–Crippen MR) is 220 cm³/mol. The molecule has 0 heterocycles. The van der Waals surface area contributed by atoms with Gasteiger partial charge in [-0.3, -0.25) is 0 Å². The molecule has 0 bridgehead atoms. The maximum atomic E-state index is 9.53. The summed E-state index contributed by atoms with van der Waals surface area (Å²) in [6.45, 7) is 22.2. The SMILES string of the molecule is [C-]#[N+]c1ccc(N(c2ccc(C#N)cc2)c2ccc3ccc4c(N(c5ccc([N+]#[C-])cc5)c5cccc([Si](C)(C)C)c5)ccc5ccc2c3c54)cc1. The molecule has 8 aromatic rings. The van der Waals surface area contributed by atoms with Gasteiger partial charge in [-0.05, 0) is 94.3 Å². The maximum absolute atomic E-state index is 9.53. The minimum Gasteiger partial charge on any atom is -0.310 e. The molecule has 0 aliphatic heterocycles. The van der Waals surface area contributed by atoms with Crippen LogP contribution < -0.4 is 15.0 Å². The van der Waals surface area contributed by atoms with E-state index < -0.39 is 8.07 Å². The van der Waals surface area contributed by atoms with Crippen molar-refractivity contribution >= 4 is 91.1 Å². The third-order valence-corrected chi connectivity index (χ3v) is 11.8. The summed E-state index contributed by atoms with van der Waals surface area (Å²) in [6.07, 6.45) is 0. The fourth-order valence-electron chi connectivity index (χ4n) is 7.16. The standard InChI is InChI=1S/C46H33N5Si/c1-48-34-15-21-37(22-16-34)50(36-19-9-31(30-47)10-20-36)43-27-13-32-12-26-42-44(28-14-33-11-25-41(43)45(32)46(33)42)51(38-23-17-35(49-2)18-24-38)39-7-6-8-40(29-39)52(3,4)5/h6-29H,3-5H3. The van der Waals surface area contributed by atoms with E-state index in [2.05, 4.69) is 118 Å². The molecule has 246 valence electrons. The van der Waals surface area contributed by atoms with E-state index >= 15 is 0 Å². The molecular weight excluding hydrogens is 651 g/mol. The number of nitriles is 1. The molecule has 8 aromatic carbocycles. The lowest BCUT2D eigenvalue weighted by Crippen LogP contribution is -2.37. The van der Waals surface area contributed by atoms with Crippen LogP contribution in [-0.4, -0.2) is 8.07 Å². The molecule has 6 heteroatoms. The van der Waals surface area contributed by atoms with E-state index in [4.69, 9.17) is 13.1 Å². The van der Waals surface area contributed by atoms with Gasteiger partial charge < -0.3 is 9.80 Å². The van der Waals surface area contributed by atoms with E-state index in [1.165, 1.54) is 16.0 Å². The van der Waals surface area contributed by atoms with Crippen LogP contribution >= 0.6 is 0 Å². The normalized spacial score (nSPS) is 11.3. The van der Waals surface area contributed by atoms with Gasteiger partial charge in [0.2, 0.25) is 0 Å². The summed E-state index contributed by atoms with van der Waals surface area (Å²) in [7, 11) is -1.62. The van der Waals surface area contributed by atoms with Crippen LogP contribution in [0.1, 0.15) is 5.56 Å². The zero-order valence-corrected chi connectivity index (χ0v) is 30.1. The molecule has 0 spiro atoms. The molecule has 5 nitrogen and oxygen atoms in total. The van der Waals surface area contributed by atoms with Gasteiger partial charge in [0.15, 0.2) is 11.4 Å². The van der Waals surface area contributed by atoms with Crippen molar-refractivity contribution in [1.29, 1.82) is 5.26 Å². The highest BCUT2D eigenvalue weighted by atomic mass is 28.3. The topological polar surface area (TPSA) is 39.0 Å². The lowest BCUT2D eigenvalue weighted by molar-refractivity contribution is 1.30. The van der Waals surface area contributed by atoms with Gasteiger partial charge >= 0.3 is 0 Å². The Bertz CT molecular complexity index is 2680. The second kappa shape index (κ2) is 12.8. The number of nitrogens with zero attached hydrogens (tertiary/aromatic N) is 5. The zero-order chi connectivity index (χ0) is 36.0. The Balaban J connectivity index is 1.39. The van der Waals surface area contributed by atoms with Gasteiger partial charge in [0.25, 0.3) is 0 Å². The van der Waals surface area contributed by atoms with E-state index in [0.29, 0.717) is 16.9 Å². The minimum absolute atomic E-state index is 0.579. The van der Waals surface area contributed by atoms with E-state index in [-0.39, 0.29) is 0 Å². The van der Waals surface area contributed by atoms with Crippen LogP contribution in [0, 0.1) is 24.5 Å². The number of hydrogen-bond donors (Lipinski definition) is 0. The molecule has 0 saturated heterocycles. The van der Waals surface area contributed by atoms with Crippen molar-refractivity contribution in [3.63, 3.8) is 0 Å². The van der Waals surface area contributed by atoms with Crippen molar-refractivity contribution in [2.24, 2.45) is 0 Å². The van der Waals surface area contributed by atoms with Gasteiger partial charge in [-0.25, -0.2) is 9.69 Å². The largest absolute Gasteiger partial charge is 0.310 e. The Morgan fingerprint density at radius 3 is 1.40 bits per heavy atom. The Kier molecular flexibility index (Phi) is 7.93. The third kappa shape index (κ3) is 5.57. The molecule has 8 rings (SSSR count). The fraction of sp³-hybridized carbons (Fsp3) is 0.0652. The maximum Gasteiger partial charge on any atom is 0.187 e. The Morgan fingerprint density at radius 1 is 0.519 bits per heavy atom. The summed E-state index contributed by atoms with van der Waals surface area (Å²) in [5, 5.41) is 17.8. The Hall–Kier alpha value is -6.91. The molecular formula is C46H33N5Si. The highest BCUT2D eigenvalue weighted by molar-refractivity contribution is 6.88. The van der Waals surface area contributed by atoms with Crippen LogP contribution in [0.5, 0.6) is 0 Å². The average molecular weight is 684 g/mol. The molecule has 0 radical (unpaired) electrons. The minimum atomic E-state index is -1.62. The molecule has 0 unspecified atom stereocenters. The van der Waals surface area contributed by atoms with Crippen molar-refractivity contribution in [3.8, 4) is 6.07 Å². The first-order valence-corrected chi connectivity index (χ1v) is 20.6. The lowest BCUT2D eigenvalue weighted by Gasteiger charge is -2.30. The molecule has 0 fully saturated rings. The van der Waals surface area contributed by atoms with Crippen LogP contribution in [0.15, 0.2) is 146 Å². The molecule has 0 amide bonds. The van der Waals surface area contributed by atoms with E-state index in [1.807, 2.05) is 72.8 Å². The van der Waals surface area contributed by atoms with Crippen molar-refractivity contribution in [2.45, 2.75) is 19.6 Å². The second-order valence-electron chi connectivity index (χ2n) is 14.0. The number of hydrogen-bond acceptors (Lipinski definition) is 3. The van der Waals surface area contributed by atoms with Crippen molar-refractivity contribution < 1.29 is 0 Å². The molecule has 0 saturated carbocycles. The monoisotopic (exact) mass is 683 g/mol. The van der Waals surface area contributed by atoms with Gasteiger partial charge in [0.1, 0.15) is 0 Å². The smallest absolute Gasteiger partial charge is 0.187 e. The van der Waals surface area contributed by atoms with Gasteiger partial charge in [-0.2, -0.15) is 5.26 Å². The quantitative estimate of drug-likeness (QED) is 0.0953. The fourth-order valence-corrected chi connectivity index (χ4v) is 8.34. The summed E-state index contributed by atoms with van der Waals surface area (Å²) >= 11 is 0. The molecule has 0 aromatic heterocycles. The highest BCUT2D eigenvalue weighted by Gasteiger charge is 2.23. The second-order valence-corrected chi connectivity index (χ2v) is 19.1. The van der Waals surface area contributed by atoms with Crippen LogP contribution in [0.4, 0.5) is 45.5 Å². The molecule has 0 N–H and O–H groups in total. The number of benzene rings is 8. The Labute approximate surface area is 304 Å². The summed E-state index contributed by atoms with van der Waals surface area (Å²) in [5.74, 6) is 0. The number of anilines is 6. The van der Waals surface area contributed by atoms with E-state index in [9.17, 15) is 5.26 Å². The van der Waals surface area contributed by atoms with Crippen LogP contribution in [0.3, 0.4) is 0 Å². The molecule has 0 atom stereocenters. The summed E-state index contributed by atoms with van der Waals surface area (Å²) in [5.41, 5.74) is 7.76.